The Hall–Kier alpha value is -2.63. The molecule has 4 N–H and O–H groups in total. The zero-order valence-corrected chi connectivity index (χ0v) is 11.1. The van der Waals surface area contributed by atoms with E-state index >= 15 is 0 Å². The van der Waals surface area contributed by atoms with E-state index in [-0.39, 0.29) is 16.9 Å². The second-order valence-electron chi connectivity index (χ2n) is 4.40. The zero-order chi connectivity index (χ0) is 14.9. The first-order valence-electron chi connectivity index (χ1n) is 5.92. The molecule has 1 aromatic heterocycles. The smallest absolute Gasteiger partial charge is 0.340 e. The Morgan fingerprint density at radius 1 is 1.25 bits per heavy atom. The van der Waals surface area contributed by atoms with Gasteiger partial charge >= 0.3 is 5.97 Å². The fourth-order valence-corrected chi connectivity index (χ4v) is 1.89. The monoisotopic (exact) mass is 275 g/mol. The Labute approximate surface area is 115 Å². The van der Waals surface area contributed by atoms with Crippen LogP contribution in [0.2, 0.25) is 0 Å². The van der Waals surface area contributed by atoms with E-state index in [2.05, 4.69) is 10.3 Å². The summed E-state index contributed by atoms with van der Waals surface area (Å²) >= 11 is 0. The van der Waals surface area contributed by atoms with Crippen molar-refractivity contribution in [2.45, 2.75) is 13.8 Å². The van der Waals surface area contributed by atoms with Gasteiger partial charge in [0.2, 0.25) is 0 Å². The Balaban J connectivity index is 2.48. The maximum atomic E-state index is 13.4. The number of aryl methyl sites for hydroxylation is 2. The Morgan fingerprint density at radius 2 is 1.90 bits per heavy atom. The third kappa shape index (κ3) is 2.54. The number of nitrogens with one attached hydrogen (secondary N) is 1. The average Bonchev–Trinajstić information content (AvgIpc) is 2.36. The normalized spacial score (nSPS) is 10.3. The highest BCUT2D eigenvalue weighted by molar-refractivity contribution is 6.00. The predicted molar refractivity (Wildman–Crippen MR) is 74.8 cm³/mol. The predicted octanol–water partition coefficient (Wildman–Crippen LogP) is 2.86. The van der Waals surface area contributed by atoms with Gasteiger partial charge in [-0.25, -0.2) is 9.18 Å². The molecule has 0 aliphatic rings. The van der Waals surface area contributed by atoms with Crippen LogP contribution in [0.4, 0.5) is 21.5 Å². The van der Waals surface area contributed by atoms with Crippen LogP contribution in [0.15, 0.2) is 24.3 Å². The molecule has 0 amide bonds. The molecule has 0 radical (unpaired) electrons. The summed E-state index contributed by atoms with van der Waals surface area (Å²) in [5, 5.41) is 12.1. The molecule has 0 saturated heterocycles. The molecule has 0 bridgehead atoms. The molecule has 0 fully saturated rings. The minimum Gasteiger partial charge on any atom is -0.478 e. The first-order valence-corrected chi connectivity index (χ1v) is 5.92. The summed E-state index contributed by atoms with van der Waals surface area (Å²) in [6.45, 7) is 3.65. The molecule has 5 nitrogen and oxygen atoms in total. The zero-order valence-electron chi connectivity index (χ0n) is 11.1. The maximum Gasteiger partial charge on any atom is 0.340 e. The number of benzene rings is 1. The number of carboxylic acid groups (broad SMARTS) is 1. The highest BCUT2D eigenvalue weighted by atomic mass is 19.1. The van der Waals surface area contributed by atoms with Gasteiger partial charge in [-0.3, -0.25) is 4.98 Å². The van der Waals surface area contributed by atoms with Crippen molar-refractivity contribution < 1.29 is 14.3 Å². The number of halogens is 1. The molecule has 0 atom stereocenters. The van der Waals surface area contributed by atoms with Gasteiger partial charge in [0.05, 0.1) is 22.8 Å². The summed E-state index contributed by atoms with van der Waals surface area (Å²) < 4.78 is 13.4. The molecule has 1 aromatic carbocycles. The molecule has 0 unspecified atom stereocenters. The first-order chi connectivity index (χ1) is 9.40. The van der Waals surface area contributed by atoms with Crippen LogP contribution in [0.1, 0.15) is 21.7 Å². The second kappa shape index (κ2) is 5.16. The van der Waals surface area contributed by atoms with Crippen LogP contribution in [-0.4, -0.2) is 16.1 Å². The highest BCUT2D eigenvalue weighted by Gasteiger charge is 2.18. The third-order valence-electron chi connectivity index (χ3n) is 2.90. The quantitative estimate of drug-likeness (QED) is 0.749. The van der Waals surface area contributed by atoms with Crippen LogP contribution in [0.25, 0.3) is 0 Å². The van der Waals surface area contributed by atoms with Gasteiger partial charge in [0, 0.05) is 5.69 Å². The van der Waals surface area contributed by atoms with Crippen molar-refractivity contribution in [3.8, 4) is 0 Å². The van der Waals surface area contributed by atoms with Crippen molar-refractivity contribution in [2.24, 2.45) is 0 Å². The lowest BCUT2D eigenvalue weighted by atomic mass is 10.1. The second-order valence-corrected chi connectivity index (χ2v) is 4.40. The van der Waals surface area contributed by atoms with E-state index in [0.29, 0.717) is 11.4 Å². The van der Waals surface area contributed by atoms with Gasteiger partial charge in [0.25, 0.3) is 0 Å². The number of pyridine rings is 1. The number of hydrogen-bond donors (Lipinski definition) is 3. The number of nitrogens with zero attached hydrogens (tertiary/aromatic N) is 1. The maximum absolute atomic E-state index is 13.4. The number of aromatic carboxylic acids is 1. The van der Waals surface area contributed by atoms with E-state index in [1.54, 1.807) is 19.1 Å². The van der Waals surface area contributed by atoms with Crippen molar-refractivity contribution in [2.75, 3.05) is 11.1 Å². The summed E-state index contributed by atoms with van der Waals surface area (Å²) in [6.07, 6.45) is 0. The number of anilines is 3. The number of carbonyl (C=O) groups is 1. The molecule has 6 heteroatoms. The van der Waals surface area contributed by atoms with Crippen LogP contribution in [0.5, 0.6) is 0 Å². The molecule has 20 heavy (non-hydrogen) atoms. The van der Waals surface area contributed by atoms with Gasteiger partial charge in [-0.15, -0.1) is 0 Å². The van der Waals surface area contributed by atoms with Gasteiger partial charge in [-0.1, -0.05) is 0 Å². The Bertz CT molecular complexity index is 686. The largest absolute Gasteiger partial charge is 0.478 e. The lowest BCUT2D eigenvalue weighted by molar-refractivity contribution is 0.0698. The van der Waals surface area contributed by atoms with Gasteiger partial charge in [-0.2, -0.15) is 0 Å². The van der Waals surface area contributed by atoms with E-state index < -0.39 is 11.8 Å². The minimum atomic E-state index is -1.29. The fourth-order valence-electron chi connectivity index (χ4n) is 1.89. The summed E-state index contributed by atoms with van der Waals surface area (Å²) in [5.41, 5.74) is 7.25. The van der Waals surface area contributed by atoms with Crippen LogP contribution >= 0.6 is 0 Å². The number of carboxylic acids is 1. The van der Waals surface area contributed by atoms with Crippen molar-refractivity contribution in [1.29, 1.82) is 0 Å². The molecular weight excluding hydrogens is 261 g/mol. The van der Waals surface area contributed by atoms with E-state index in [1.165, 1.54) is 6.07 Å². The van der Waals surface area contributed by atoms with Gasteiger partial charge < -0.3 is 16.2 Å². The van der Waals surface area contributed by atoms with E-state index in [1.807, 2.05) is 6.92 Å². The lowest BCUT2D eigenvalue weighted by Crippen LogP contribution is -2.09. The van der Waals surface area contributed by atoms with E-state index in [9.17, 15) is 9.18 Å². The van der Waals surface area contributed by atoms with Crippen LogP contribution in [0, 0.1) is 19.7 Å². The Kier molecular flexibility index (Phi) is 3.56. The average molecular weight is 275 g/mol. The lowest BCUT2D eigenvalue weighted by Gasteiger charge is -2.13. The SMILES string of the molecule is Cc1ccc(Nc2ccc(F)c(N)c2C(=O)O)c(C)n1. The summed E-state index contributed by atoms with van der Waals surface area (Å²) in [7, 11) is 0. The summed E-state index contributed by atoms with van der Waals surface area (Å²) in [6, 6.07) is 6.04. The highest BCUT2D eigenvalue weighted by Crippen LogP contribution is 2.28. The number of aromatic nitrogens is 1. The number of nitrogen functional groups attached to an aromatic ring is 1. The molecule has 104 valence electrons. The fraction of sp³-hybridized carbons (Fsp3) is 0.143. The third-order valence-corrected chi connectivity index (χ3v) is 2.90. The molecule has 2 aromatic rings. The van der Waals surface area contributed by atoms with Gasteiger partial charge in [0.15, 0.2) is 0 Å². The number of rotatable bonds is 3. The Morgan fingerprint density at radius 3 is 2.50 bits per heavy atom. The van der Waals surface area contributed by atoms with Crippen molar-refractivity contribution in [3.05, 3.63) is 47.0 Å². The van der Waals surface area contributed by atoms with E-state index in [0.717, 1.165) is 11.8 Å². The number of nitrogens with two attached hydrogens (primary N) is 1. The molecule has 2 rings (SSSR count). The van der Waals surface area contributed by atoms with Crippen molar-refractivity contribution >= 4 is 23.0 Å². The summed E-state index contributed by atoms with van der Waals surface area (Å²) in [4.78, 5) is 15.5. The summed E-state index contributed by atoms with van der Waals surface area (Å²) in [5.74, 6) is -2.05. The van der Waals surface area contributed by atoms with E-state index in [4.69, 9.17) is 10.8 Å². The molecular formula is C14H14FN3O2. The molecule has 0 saturated carbocycles. The van der Waals surface area contributed by atoms with Crippen molar-refractivity contribution in [1.82, 2.24) is 4.98 Å². The van der Waals surface area contributed by atoms with Crippen molar-refractivity contribution in [3.63, 3.8) is 0 Å². The van der Waals surface area contributed by atoms with Gasteiger partial charge in [-0.05, 0) is 38.1 Å². The standard InChI is InChI=1S/C14H14FN3O2/c1-7-3-5-10(8(2)17-7)18-11-6-4-9(15)13(16)12(11)14(19)20/h3-6,18H,16H2,1-2H3,(H,19,20). The molecule has 0 aliphatic heterocycles. The topological polar surface area (TPSA) is 88.2 Å². The van der Waals surface area contributed by atoms with Crippen LogP contribution < -0.4 is 11.1 Å². The molecule has 1 heterocycles. The number of hydrogen-bond acceptors (Lipinski definition) is 4. The first kappa shape index (κ1) is 13.8. The molecule has 0 aliphatic carbocycles. The molecule has 0 spiro atoms. The minimum absolute atomic E-state index is 0.227. The van der Waals surface area contributed by atoms with Crippen LogP contribution in [0.3, 0.4) is 0 Å². The van der Waals surface area contributed by atoms with Crippen LogP contribution in [-0.2, 0) is 0 Å². The van der Waals surface area contributed by atoms with Gasteiger partial charge in [0.1, 0.15) is 11.4 Å².